The molecule has 1 aliphatic heterocycles. The summed E-state index contributed by atoms with van der Waals surface area (Å²) in [5.74, 6) is -3.70. The predicted octanol–water partition coefficient (Wildman–Crippen LogP) is 2.71. The summed E-state index contributed by atoms with van der Waals surface area (Å²) in [6, 6.07) is 5.23. The average molecular weight is 471 g/mol. The van der Waals surface area contributed by atoms with E-state index in [-0.39, 0.29) is 42.0 Å². The molecule has 2 aliphatic rings. The average Bonchev–Trinajstić information content (AvgIpc) is 3.06. The number of nitrogens with one attached hydrogen (secondary N) is 1. The van der Waals surface area contributed by atoms with E-state index in [0.717, 1.165) is 4.90 Å². The normalized spacial score (nSPS) is 20.2. The first-order chi connectivity index (χ1) is 16.2. The van der Waals surface area contributed by atoms with Gasteiger partial charge in [0.1, 0.15) is 6.04 Å². The van der Waals surface area contributed by atoms with E-state index in [2.05, 4.69) is 5.32 Å². The van der Waals surface area contributed by atoms with Gasteiger partial charge in [0.15, 0.2) is 6.61 Å². The molecule has 3 rings (SSSR count). The molecular formula is C25H30N2O7. The van der Waals surface area contributed by atoms with Crippen molar-refractivity contribution in [3.05, 3.63) is 42.0 Å². The number of fused-ring (bicyclic) bond motifs is 1. The topological polar surface area (TPSA) is 119 Å². The summed E-state index contributed by atoms with van der Waals surface area (Å²) in [5.41, 5.74) is 0.397. The maximum atomic E-state index is 13.0. The first-order valence-electron chi connectivity index (χ1n) is 11.5. The highest BCUT2D eigenvalue weighted by molar-refractivity contribution is 6.08. The summed E-state index contributed by atoms with van der Waals surface area (Å²) >= 11 is 0. The van der Waals surface area contributed by atoms with Gasteiger partial charge in [-0.25, -0.2) is 9.59 Å². The van der Waals surface area contributed by atoms with Crippen molar-refractivity contribution in [3.63, 3.8) is 0 Å². The maximum absolute atomic E-state index is 13.0. The Labute approximate surface area is 198 Å². The zero-order chi connectivity index (χ0) is 24.8. The highest BCUT2D eigenvalue weighted by Gasteiger charge is 2.51. The number of allylic oxidation sites excluding steroid dienone is 2. The van der Waals surface area contributed by atoms with Gasteiger partial charge in [-0.2, -0.15) is 0 Å². The van der Waals surface area contributed by atoms with Gasteiger partial charge in [0, 0.05) is 0 Å². The fourth-order valence-electron chi connectivity index (χ4n) is 4.28. The van der Waals surface area contributed by atoms with Gasteiger partial charge in [-0.3, -0.25) is 19.3 Å². The van der Waals surface area contributed by atoms with Gasteiger partial charge in [-0.1, -0.05) is 38.1 Å². The number of ether oxygens (including phenoxy) is 2. The van der Waals surface area contributed by atoms with Gasteiger partial charge in [0.05, 0.1) is 29.7 Å². The van der Waals surface area contributed by atoms with Crippen molar-refractivity contribution in [1.29, 1.82) is 0 Å². The Bertz CT molecular complexity index is 975. The molecule has 3 unspecified atom stereocenters. The number of carbonyl (C=O) groups excluding carboxylic acids is 5. The van der Waals surface area contributed by atoms with Crippen LogP contribution in [0.3, 0.4) is 0 Å². The van der Waals surface area contributed by atoms with Gasteiger partial charge < -0.3 is 14.8 Å². The number of esters is 2. The van der Waals surface area contributed by atoms with Crippen molar-refractivity contribution in [2.75, 3.05) is 18.5 Å². The number of hydrogen-bond donors (Lipinski definition) is 1. The number of para-hydroxylation sites is 1. The molecule has 9 heteroatoms. The Hall–Kier alpha value is -3.49. The third-order valence-electron chi connectivity index (χ3n) is 5.86. The minimum Gasteiger partial charge on any atom is -0.462 e. The zero-order valence-electron chi connectivity index (χ0n) is 19.6. The van der Waals surface area contributed by atoms with Gasteiger partial charge in [0.2, 0.25) is 11.8 Å². The molecule has 182 valence electrons. The number of anilines is 1. The van der Waals surface area contributed by atoms with Gasteiger partial charge in [-0.05, 0) is 44.2 Å². The number of hydrogen-bond acceptors (Lipinski definition) is 7. The van der Waals surface area contributed by atoms with Crippen molar-refractivity contribution in [2.45, 2.75) is 46.1 Å². The van der Waals surface area contributed by atoms with E-state index < -0.39 is 42.3 Å². The Balaban J connectivity index is 1.67. The summed E-state index contributed by atoms with van der Waals surface area (Å²) in [7, 11) is 0. The molecule has 1 heterocycles. The van der Waals surface area contributed by atoms with Crippen LogP contribution in [0.4, 0.5) is 5.69 Å². The van der Waals surface area contributed by atoms with Crippen LogP contribution in [0.15, 0.2) is 36.4 Å². The number of imide groups is 1. The van der Waals surface area contributed by atoms with Crippen LogP contribution in [0.25, 0.3) is 0 Å². The zero-order valence-corrected chi connectivity index (χ0v) is 19.6. The van der Waals surface area contributed by atoms with Crippen LogP contribution in [0.1, 0.15) is 50.4 Å². The molecule has 1 fully saturated rings. The number of carbonyl (C=O) groups is 5. The summed E-state index contributed by atoms with van der Waals surface area (Å²) in [6.45, 7) is 4.97. The van der Waals surface area contributed by atoms with Gasteiger partial charge >= 0.3 is 11.9 Å². The van der Waals surface area contributed by atoms with Crippen molar-refractivity contribution < 1.29 is 33.4 Å². The smallest absolute Gasteiger partial charge is 0.340 e. The number of amides is 3. The van der Waals surface area contributed by atoms with Crippen molar-refractivity contribution in [2.24, 2.45) is 17.8 Å². The van der Waals surface area contributed by atoms with Gasteiger partial charge in [0.25, 0.3) is 5.91 Å². The summed E-state index contributed by atoms with van der Waals surface area (Å²) < 4.78 is 10.2. The predicted molar refractivity (Wildman–Crippen MR) is 122 cm³/mol. The lowest BCUT2D eigenvalue weighted by Crippen LogP contribution is -2.47. The number of rotatable bonds is 9. The molecule has 9 nitrogen and oxygen atoms in total. The molecule has 0 aromatic heterocycles. The Morgan fingerprint density at radius 3 is 2.24 bits per heavy atom. The molecule has 34 heavy (non-hydrogen) atoms. The molecule has 1 N–H and O–H groups in total. The quantitative estimate of drug-likeness (QED) is 0.335. The SMILES string of the molecule is CCOC(=O)c1ccccc1NC(=O)COC(=O)C(CC(C)C)N1C(=O)C2CC=CCC2C1=O. The Morgan fingerprint density at radius 2 is 1.65 bits per heavy atom. The van der Waals surface area contributed by atoms with E-state index in [1.807, 2.05) is 26.0 Å². The molecule has 1 aliphatic carbocycles. The highest BCUT2D eigenvalue weighted by atomic mass is 16.5. The Kier molecular flexibility index (Phi) is 8.20. The third kappa shape index (κ3) is 5.52. The van der Waals surface area contributed by atoms with E-state index in [9.17, 15) is 24.0 Å². The van der Waals surface area contributed by atoms with Crippen LogP contribution in [0.5, 0.6) is 0 Å². The molecule has 1 aromatic carbocycles. The van der Waals surface area contributed by atoms with E-state index in [0.29, 0.717) is 12.8 Å². The monoisotopic (exact) mass is 470 g/mol. The minimum atomic E-state index is -1.09. The largest absolute Gasteiger partial charge is 0.462 e. The lowest BCUT2D eigenvalue weighted by Gasteiger charge is -2.26. The first-order valence-corrected chi connectivity index (χ1v) is 11.5. The molecule has 0 spiro atoms. The number of nitrogens with zero attached hydrogens (tertiary/aromatic N) is 1. The highest BCUT2D eigenvalue weighted by Crippen LogP contribution is 2.37. The van der Waals surface area contributed by atoms with Crippen LogP contribution in [0, 0.1) is 17.8 Å². The molecule has 1 aromatic rings. The second-order valence-corrected chi connectivity index (χ2v) is 8.77. The van der Waals surface area contributed by atoms with Crippen molar-refractivity contribution in [3.8, 4) is 0 Å². The number of likely N-dealkylation sites (tertiary alicyclic amines) is 1. The first kappa shape index (κ1) is 25.1. The van der Waals surface area contributed by atoms with Crippen molar-refractivity contribution in [1.82, 2.24) is 4.90 Å². The van der Waals surface area contributed by atoms with Gasteiger partial charge in [-0.15, -0.1) is 0 Å². The molecule has 3 atom stereocenters. The fraction of sp³-hybridized carbons (Fsp3) is 0.480. The molecule has 0 bridgehead atoms. The van der Waals surface area contributed by atoms with E-state index in [4.69, 9.17) is 9.47 Å². The molecule has 3 amide bonds. The van der Waals surface area contributed by atoms with E-state index >= 15 is 0 Å². The molecule has 0 radical (unpaired) electrons. The summed E-state index contributed by atoms with van der Waals surface area (Å²) in [6.07, 6.45) is 4.93. The third-order valence-corrected chi connectivity index (χ3v) is 5.86. The second-order valence-electron chi connectivity index (χ2n) is 8.77. The molecule has 0 saturated carbocycles. The maximum Gasteiger partial charge on any atom is 0.340 e. The Morgan fingerprint density at radius 1 is 1.03 bits per heavy atom. The van der Waals surface area contributed by atoms with E-state index in [1.165, 1.54) is 12.1 Å². The van der Waals surface area contributed by atoms with Crippen LogP contribution in [0.2, 0.25) is 0 Å². The van der Waals surface area contributed by atoms with Crippen LogP contribution >= 0.6 is 0 Å². The number of benzene rings is 1. The lowest BCUT2D eigenvalue weighted by atomic mass is 9.85. The summed E-state index contributed by atoms with van der Waals surface area (Å²) in [5, 5.41) is 2.54. The molecule has 1 saturated heterocycles. The van der Waals surface area contributed by atoms with Crippen LogP contribution in [-0.2, 0) is 28.7 Å². The van der Waals surface area contributed by atoms with E-state index in [1.54, 1.807) is 19.1 Å². The second kappa shape index (κ2) is 11.1. The molecular weight excluding hydrogens is 440 g/mol. The lowest BCUT2D eigenvalue weighted by molar-refractivity contribution is -0.160. The summed E-state index contributed by atoms with van der Waals surface area (Å²) in [4.78, 5) is 64.4. The van der Waals surface area contributed by atoms with Crippen LogP contribution < -0.4 is 5.32 Å². The minimum absolute atomic E-state index is 0.00387. The van der Waals surface area contributed by atoms with Crippen molar-refractivity contribution >= 4 is 35.3 Å². The fourth-order valence-corrected chi connectivity index (χ4v) is 4.28. The standard InChI is InChI=1S/C25H30N2O7/c1-4-33-24(31)18-11-7-8-12-19(18)26-21(28)14-34-25(32)20(13-15(2)3)27-22(29)16-9-5-6-10-17(16)23(27)30/h5-8,11-12,15-17,20H,4,9-10,13-14H2,1-3H3,(H,26,28). The van der Waals surface area contributed by atoms with Crippen LogP contribution in [-0.4, -0.2) is 53.8 Å².